The highest BCUT2D eigenvalue weighted by Crippen LogP contribution is 2.22. The van der Waals surface area contributed by atoms with E-state index in [1.165, 1.54) is 0 Å². The van der Waals surface area contributed by atoms with Gasteiger partial charge in [-0.2, -0.15) is 0 Å². The van der Waals surface area contributed by atoms with Crippen LogP contribution in [-0.2, 0) is 14.3 Å². The standard InChI is InChI=1S/C7H9F4N3O9/c1-5(23-14(19)20,22-4-7(10,11)13(17)18)2-21-3-6(8,9)12(15)16/h2-4H2,1H3. The summed E-state index contributed by atoms with van der Waals surface area (Å²) in [6.07, 6.45) is 0. The summed E-state index contributed by atoms with van der Waals surface area (Å²) in [6.45, 7) is -4.62. The van der Waals surface area contributed by atoms with E-state index in [9.17, 15) is 47.9 Å². The molecule has 0 rings (SSSR count). The molecule has 0 aliphatic rings. The number of nitro groups is 2. The summed E-state index contributed by atoms with van der Waals surface area (Å²) < 4.78 is 58.9. The molecule has 0 aromatic heterocycles. The minimum absolute atomic E-state index is 0.579. The molecule has 0 aliphatic heterocycles. The van der Waals surface area contributed by atoms with Gasteiger partial charge in [0.25, 0.3) is 5.09 Å². The number of ether oxygens (including phenoxy) is 2. The average Bonchev–Trinajstić information content (AvgIpc) is 2.35. The third kappa shape index (κ3) is 6.96. The predicted molar refractivity (Wildman–Crippen MR) is 57.1 cm³/mol. The Bertz CT molecular complexity index is 476. The van der Waals surface area contributed by atoms with Crippen LogP contribution in [0.4, 0.5) is 17.6 Å². The van der Waals surface area contributed by atoms with E-state index in [0.717, 1.165) is 0 Å². The third-order valence-electron chi connectivity index (χ3n) is 1.99. The summed E-state index contributed by atoms with van der Waals surface area (Å²) in [5.41, 5.74) is 0. The lowest BCUT2D eigenvalue weighted by Gasteiger charge is -2.27. The maximum absolute atomic E-state index is 12.7. The summed E-state index contributed by atoms with van der Waals surface area (Å²) in [5.74, 6) is -2.74. The van der Waals surface area contributed by atoms with Crippen LogP contribution in [-0.4, -0.2) is 52.6 Å². The number of hydrogen-bond donors (Lipinski definition) is 0. The summed E-state index contributed by atoms with van der Waals surface area (Å²) >= 11 is 0. The number of alkyl halides is 4. The fourth-order valence-corrected chi connectivity index (χ4v) is 0.956. The van der Waals surface area contributed by atoms with Gasteiger partial charge in [0.15, 0.2) is 13.2 Å². The van der Waals surface area contributed by atoms with Crippen molar-refractivity contribution in [2.45, 2.75) is 24.8 Å². The van der Waals surface area contributed by atoms with Gasteiger partial charge < -0.3 is 9.47 Å². The first-order chi connectivity index (χ1) is 10.2. The van der Waals surface area contributed by atoms with Crippen LogP contribution in [0.15, 0.2) is 0 Å². The van der Waals surface area contributed by atoms with E-state index in [1.807, 2.05) is 0 Å². The van der Waals surface area contributed by atoms with Crippen LogP contribution in [0.25, 0.3) is 0 Å². The zero-order valence-electron chi connectivity index (χ0n) is 11.1. The van der Waals surface area contributed by atoms with Gasteiger partial charge in [-0.1, -0.05) is 0 Å². The van der Waals surface area contributed by atoms with Crippen molar-refractivity contribution in [3.05, 3.63) is 30.3 Å². The molecule has 0 bridgehead atoms. The van der Waals surface area contributed by atoms with Crippen LogP contribution in [0.5, 0.6) is 0 Å². The molecule has 12 nitrogen and oxygen atoms in total. The van der Waals surface area contributed by atoms with Crippen LogP contribution in [0, 0.1) is 30.3 Å². The molecule has 0 saturated carbocycles. The van der Waals surface area contributed by atoms with E-state index >= 15 is 0 Å². The summed E-state index contributed by atoms with van der Waals surface area (Å²) in [4.78, 5) is 29.8. The minimum atomic E-state index is -4.65. The monoisotopic (exact) mass is 355 g/mol. The Balaban J connectivity index is 4.82. The average molecular weight is 355 g/mol. The molecule has 23 heavy (non-hydrogen) atoms. The van der Waals surface area contributed by atoms with Crippen molar-refractivity contribution in [2.24, 2.45) is 0 Å². The van der Waals surface area contributed by atoms with E-state index in [1.54, 1.807) is 0 Å². The number of halogens is 4. The van der Waals surface area contributed by atoms with Crippen LogP contribution in [0.1, 0.15) is 6.92 Å². The molecule has 0 N–H and O–H groups in total. The molecular formula is C7H9F4N3O9. The Labute approximate surface area is 123 Å². The fraction of sp³-hybridized carbons (Fsp3) is 1.00. The van der Waals surface area contributed by atoms with Gasteiger partial charge in [-0.05, 0) is 6.92 Å². The molecule has 0 aromatic carbocycles. The lowest BCUT2D eigenvalue weighted by Crippen LogP contribution is -2.46. The molecule has 0 amide bonds. The first-order valence-electron chi connectivity index (χ1n) is 5.32. The second kappa shape index (κ2) is 7.27. The first-order valence-corrected chi connectivity index (χ1v) is 5.32. The van der Waals surface area contributed by atoms with E-state index in [4.69, 9.17) is 0 Å². The highest BCUT2D eigenvalue weighted by molar-refractivity contribution is 4.63. The highest BCUT2D eigenvalue weighted by Gasteiger charge is 2.49. The highest BCUT2D eigenvalue weighted by atomic mass is 19.3. The molecule has 134 valence electrons. The van der Waals surface area contributed by atoms with Crippen molar-refractivity contribution >= 4 is 0 Å². The molecule has 0 heterocycles. The second-order valence-corrected chi connectivity index (χ2v) is 4.08. The molecule has 16 heteroatoms. The van der Waals surface area contributed by atoms with Crippen LogP contribution >= 0.6 is 0 Å². The van der Waals surface area contributed by atoms with Gasteiger partial charge in [0.05, 0.1) is 9.85 Å². The van der Waals surface area contributed by atoms with Crippen molar-refractivity contribution in [3.8, 4) is 0 Å². The lowest BCUT2D eigenvalue weighted by molar-refractivity contribution is -0.798. The van der Waals surface area contributed by atoms with Crippen LogP contribution < -0.4 is 0 Å². The minimum Gasteiger partial charge on any atom is -0.362 e. The Morgan fingerprint density at radius 1 is 0.870 bits per heavy atom. The van der Waals surface area contributed by atoms with E-state index in [0.29, 0.717) is 6.92 Å². The molecule has 0 aliphatic carbocycles. The topological polar surface area (TPSA) is 157 Å². The molecular weight excluding hydrogens is 346 g/mol. The largest absolute Gasteiger partial charge is 0.534 e. The predicted octanol–water partition coefficient (Wildman–Crippen LogP) is 0.683. The van der Waals surface area contributed by atoms with Gasteiger partial charge in [0, 0.05) is 0 Å². The molecule has 0 saturated heterocycles. The third-order valence-corrected chi connectivity index (χ3v) is 1.99. The Morgan fingerprint density at radius 2 is 1.30 bits per heavy atom. The lowest BCUT2D eigenvalue weighted by atomic mass is 10.3. The summed E-state index contributed by atoms with van der Waals surface area (Å²) in [6, 6.07) is -9.20. The zero-order chi connectivity index (χ0) is 18.5. The molecule has 1 unspecified atom stereocenters. The first kappa shape index (κ1) is 20.6. The van der Waals surface area contributed by atoms with E-state index < -0.39 is 52.6 Å². The van der Waals surface area contributed by atoms with Crippen molar-refractivity contribution in [2.75, 3.05) is 19.8 Å². The molecule has 1 atom stereocenters. The van der Waals surface area contributed by atoms with Gasteiger partial charge >= 0.3 is 12.1 Å². The number of nitrogens with zero attached hydrogens (tertiary/aromatic N) is 3. The second-order valence-electron chi connectivity index (χ2n) is 4.08. The molecule has 0 radical (unpaired) electrons. The van der Waals surface area contributed by atoms with Gasteiger partial charge in [-0.3, -0.25) is 25.1 Å². The van der Waals surface area contributed by atoms with Crippen molar-refractivity contribution in [1.82, 2.24) is 0 Å². The summed E-state index contributed by atoms with van der Waals surface area (Å²) in [7, 11) is 0. The van der Waals surface area contributed by atoms with Crippen LogP contribution in [0.2, 0.25) is 0 Å². The van der Waals surface area contributed by atoms with Gasteiger partial charge in [0.1, 0.15) is 6.61 Å². The zero-order valence-corrected chi connectivity index (χ0v) is 11.1. The number of hydrogen-bond acceptors (Lipinski definition) is 9. The Hall–Kier alpha value is -2.36. The summed E-state index contributed by atoms with van der Waals surface area (Å²) in [5, 5.41) is 28.5. The van der Waals surface area contributed by atoms with Crippen LogP contribution in [0.3, 0.4) is 0 Å². The molecule has 0 aromatic rings. The maximum atomic E-state index is 12.7. The van der Waals surface area contributed by atoms with E-state index in [2.05, 4.69) is 14.3 Å². The normalized spacial score (nSPS) is 14.8. The van der Waals surface area contributed by atoms with E-state index in [-0.39, 0.29) is 0 Å². The van der Waals surface area contributed by atoms with Crippen molar-refractivity contribution in [3.63, 3.8) is 0 Å². The number of rotatable bonds is 11. The Morgan fingerprint density at radius 3 is 1.70 bits per heavy atom. The van der Waals surface area contributed by atoms with Gasteiger partial charge in [0.2, 0.25) is 5.79 Å². The SMILES string of the molecule is CC(COCC(F)(F)[N+](=O)[O-])(OCC(F)(F)[N+](=O)[O-])O[N+](=O)[O-]. The van der Waals surface area contributed by atoms with Crippen molar-refractivity contribution in [1.29, 1.82) is 0 Å². The Kier molecular flexibility index (Phi) is 6.52. The molecule has 0 spiro atoms. The van der Waals surface area contributed by atoms with Gasteiger partial charge in [-0.25, -0.2) is 0 Å². The van der Waals surface area contributed by atoms with Crippen molar-refractivity contribution < 1.29 is 46.8 Å². The van der Waals surface area contributed by atoms with Gasteiger partial charge in [-0.15, -0.1) is 27.7 Å². The fourth-order valence-electron chi connectivity index (χ4n) is 0.956. The smallest absolute Gasteiger partial charge is 0.362 e. The maximum Gasteiger partial charge on any atom is 0.534 e. The molecule has 0 fully saturated rings. The quantitative estimate of drug-likeness (QED) is 0.171.